The van der Waals surface area contributed by atoms with Crippen LogP contribution >= 0.6 is 0 Å². The van der Waals surface area contributed by atoms with Gasteiger partial charge in [0.2, 0.25) is 5.91 Å². The normalized spacial score (nSPS) is 10.1. The number of hydrogen-bond donors (Lipinski definition) is 1. The number of carbonyl (C=O) groups excluding carboxylic acids is 2. The lowest BCUT2D eigenvalue weighted by atomic mass is 10.1. The zero-order valence-corrected chi connectivity index (χ0v) is 10.4. The second kappa shape index (κ2) is 6.06. The number of aldehydes is 1. The molecule has 0 aliphatic heterocycles. The Morgan fingerprint density at radius 3 is 2.60 bits per heavy atom. The van der Waals surface area contributed by atoms with Crippen LogP contribution in [-0.2, 0) is 11.2 Å². The first-order valence-corrected chi connectivity index (χ1v) is 5.87. The summed E-state index contributed by atoms with van der Waals surface area (Å²) in [6.45, 7) is 0. The van der Waals surface area contributed by atoms with Crippen molar-refractivity contribution in [2.75, 3.05) is 5.32 Å². The average Bonchev–Trinajstić information content (AvgIpc) is 2.43. The van der Waals surface area contributed by atoms with Gasteiger partial charge in [-0.1, -0.05) is 18.2 Å². The van der Waals surface area contributed by atoms with E-state index in [9.17, 15) is 18.4 Å². The van der Waals surface area contributed by atoms with E-state index >= 15 is 0 Å². The number of halogens is 2. The molecular weight excluding hydrogens is 264 g/mol. The van der Waals surface area contributed by atoms with E-state index in [0.29, 0.717) is 23.1 Å². The monoisotopic (exact) mass is 275 g/mol. The number of rotatable bonds is 4. The molecule has 0 aliphatic carbocycles. The minimum absolute atomic E-state index is 0.0808. The van der Waals surface area contributed by atoms with Crippen molar-refractivity contribution in [3.8, 4) is 0 Å². The molecule has 1 amide bonds. The van der Waals surface area contributed by atoms with Crippen molar-refractivity contribution in [3.05, 3.63) is 65.2 Å². The number of carbonyl (C=O) groups is 2. The second-order valence-electron chi connectivity index (χ2n) is 4.22. The van der Waals surface area contributed by atoms with Crippen molar-refractivity contribution in [2.45, 2.75) is 6.42 Å². The molecule has 0 aromatic heterocycles. The molecule has 5 heteroatoms. The molecule has 0 radical (unpaired) electrons. The van der Waals surface area contributed by atoms with Crippen LogP contribution < -0.4 is 5.32 Å². The topological polar surface area (TPSA) is 46.2 Å². The Kier molecular flexibility index (Phi) is 4.20. The third kappa shape index (κ3) is 3.47. The summed E-state index contributed by atoms with van der Waals surface area (Å²) >= 11 is 0. The Bertz CT molecular complexity index is 656. The Hall–Kier alpha value is -2.56. The molecule has 0 unspecified atom stereocenters. The molecule has 0 fully saturated rings. The summed E-state index contributed by atoms with van der Waals surface area (Å²) in [6.07, 6.45) is 0.591. The van der Waals surface area contributed by atoms with Crippen molar-refractivity contribution >= 4 is 17.9 Å². The molecule has 0 bridgehead atoms. The first kappa shape index (κ1) is 13.9. The van der Waals surface area contributed by atoms with Crippen LogP contribution in [0.3, 0.4) is 0 Å². The van der Waals surface area contributed by atoms with Gasteiger partial charge in [0.05, 0.1) is 6.42 Å². The highest BCUT2D eigenvalue weighted by Gasteiger charge is 2.08. The van der Waals surface area contributed by atoms with Gasteiger partial charge in [-0.05, 0) is 29.8 Å². The summed E-state index contributed by atoms with van der Waals surface area (Å²) in [4.78, 5) is 22.4. The lowest BCUT2D eigenvalue weighted by molar-refractivity contribution is -0.115. The van der Waals surface area contributed by atoms with E-state index in [2.05, 4.69) is 5.32 Å². The van der Waals surface area contributed by atoms with E-state index in [-0.39, 0.29) is 12.3 Å². The SMILES string of the molecule is O=Cc1cccc(NC(=O)Cc2ccc(F)c(F)c2)c1. The average molecular weight is 275 g/mol. The van der Waals surface area contributed by atoms with E-state index in [1.165, 1.54) is 12.1 Å². The van der Waals surface area contributed by atoms with Gasteiger partial charge in [-0.15, -0.1) is 0 Å². The molecule has 0 aliphatic rings. The summed E-state index contributed by atoms with van der Waals surface area (Å²) in [6, 6.07) is 9.71. The van der Waals surface area contributed by atoms with Gasteiger partial charge in [-0.3, -0.25) is 9.59 Å². The van der Waals surface area contributed by atoms with Crippen LogP contribution in [-0.4, -0.2) is 12.2 Å². The zero-order valence-electron chi connectivity index (χ0n) is 10.4. The molecular formula is C15H11F2NO2. The number of hydrogen-bond acceptors (Lipinski definition) is 2. The predicted molar refractivity (Wildman–Crippen MR) is 70.5 cm³/mol. The number of anilines is 1. The third-order valence-electron chi connectivity index (χ3n) is 2.66. The van der Waals surface area contributed by atoms with Gasteiger partial charge in [0.1, 0.15) is 6.29 Å². The van der Waals surface area contributed by atoms with Crippen molar-refractivity contribution in [1.82, 2.24) is 0 Å². The second-order valence-corrected chi connectivity index (χ2v) is 4.22. The molecule has 3 nitrogen and oxygen atoms in total. The number of benzene rings is 2. The van der Waals surface area contributed by atoms with E-state index in [0.717, 1.165) is 12.1 Å². The van der Waals surface area contributed by atoms with Gasteiger partial charge < -0.3 is 5.32 Å². The maximum absolute atomic E-state index is 13.0. The fraction of sp³-hybridized carbons (Fsp3) is 0.0667. The lowest BCUT2D eigenvalue weighted by Gasteiger charge is -2.06. The fourth-order valence-electron chi connectivity index (χ4n) is 1.73. The summed E-state index contributed by atoms with van der Waals surface area (Å²) in [5, 5.41) is 2.59. The smallest absolute Gasteiger partial charge is 0.228 e. The molecule has 2 aromatic carbocycles. The van der Waals surface area contributed by atoms with Gasteiger partial charge in [-0.25, -0.2) is 8.78 Å². The number of amides is 1. The van der Waals surface area contributed by atoms with Crippen molar-refractivity contribution in [3.63, 3.8) is 0 Å². The van der Waals surface area contributed by atoms with Crippen LogP contribution in [0.5, 0.6) is 0 Å². The van der Waals surface area contributed by atoms with Crippen LogP contribution in [0.15, 0.2) is 42.5 Å². The predicted octanol–water partition coefficient (Wildman–Crippen LogP) is 2.96. The van der Waals surface area contributed by atoms with Gasteiger partial charge in [-0.2, -0.15) is 0 Å². The Labute approximate surface area is 114 Å². The summed E-state index contributed by atoms with van der Waals surface area (Å²) in [7, 11) is 0. The molecule has 1 N–H and O–H groups in total. The van der Waals surface area contributed by atoms with Crippen molar-refractivity contribution < 1.29 is 18.4 Å². The van der Waals surface area contributed by atoms with E-state index < -0.39 is 11.6 Å². The van der Waals surface area contributed by atoms with Crippen molar-refractivity contribution in [1.29, 1.82) is 0 Å². The first-order chi connectivity index (χ1) is 9.58. The Morgan fingerprint density at radius 1 is 1.10 bits per heavy atom. The zero-order chi connectivity index (χ0) is 14.5. The van der Waals surface area contributed by atoms with Crippen LogP contribution in [0.1, 0.15) is 15.9 Å². The third-order valence-corrected chi connectivity index (χ3v) is 2.66. The summed E-state index contributed by atoms with van der Waals surface area (Å²) in [5.74, 6) is -2.31. The van der Waals surface area contributed by atoms with E-state index in [4.69, 9.17) is 0 Å². The van der Waals surface area contributed by atoms with E-state index in [1.54, 1.807) is 18.2 Å². The highest BCUT2D eigenvalue weighted by Crippen LogP contribution is 2.12. The van der Waals surface area contributed by atoms with Crippen LogP contribution in [0.4, 0.5) is 14.5 Å². The maximum Gasteiger partial charge on any atom is 0.228 e. The van der Waals surface area contributed by atoms with Gasteiger partial charge in [0, 0.05) is 11.3 Å². The highest BCUT2D eigenvalue weighted by atomic mass is 19.2. The molecule has 102 valence electrons. The largest absolute Gasteiger partial charge is 0.326 e. The standard InChI is InChI=1S/C15H11F2NO2/c16-13-5-4-10(7-14(13)17)8-15(20)18-12-3-1-2-11(6-12)9-19/h1-7,9H,8H2,(H,18,20). The highest BCUT2D eigenvalue weighted by molar-refractivity contribution is 5.93. The van der Waals surface area contributed by atoms with Gasteiger partial charge >= 0.3 is 0 Å². The quantitative estimate of drug-likeness (QED) is 0.872. The van der Waals surface area contributed by atoms with Crippen LogP contribution in [0.2, 0.25) is 0 Å². The van der Waals surface area contributed by atoms with Gasteiger partial charge in [0.25, 0.3) is 0 Å². The Morgan fingerprint density at radius 2 is 1.90 bits per heavy atom. The van der Waals surface area contributed by atoms with Crippen molar-refractivity contribution in [2.24, 2.45) is 0 Å². The van der Waals surface area contributed by atoms with E-state index in [1.807, 2.05) is 0 Å². The molecule has 20 heavy (non-hydrogen) atoms. The first-order valence-electron chi connectivity index (χ1n) is 5.87. The minimum atomic E-state index is -0.988. The molecule has 0 heterocycles. The van der Waals surface area contributed by atoms with Gasteiger partial charge in [0.15, 0.2) is 11.6 Å². The minimum Gasteiger partial charge on any atom is -0.326 e. The molecule has 0 saturated heterocycles. The van der Waals surface area contributed by atoms with Crippen LogP contribution in [0, 0.1) is 11.6 Å². The maximum atomic E-state index is 13.0. The summed E-state index contributed by atoms with van der Waals surface area (Å²) in [5.41, 5.74) is 1.28. The summed E-state index contributed by atoms with van der Waals surface area (Å²) < 4.78 is 25.8. The molecule has 2 aromatic rings. The lowest BCUT2D eigenvalue weighted by Crippen LogP contribution is -2.14. The number of nitrogens with one attached hydrogen (secondary N) is 1. The van der Waals surface area contributed by atoms with Crippen LogP contribution in [0.25, 0.3) is 0 Å². The molecule has 0 saturated carbocycles. The molecule has 0 spiro atoms. The fourth-order valence-corrected chi connectivity index (χ4v) is 1.73. The molecule has 0 atom stereocenters. The molecule has 2 rings (SSSR count). The Balaban J connectivity index is 2.04.